The monoisotopic (exact) mass is 385 g/mol. The first kappa shape index (κ1) is 21.6. The molecule has 3 N–H and O–H groups in total. The van der Waals surface area contributed by atoms with Gasteiger partial charge in [-0.05, 0) is 24.6 Å². The maximum atomic E-state index is 11.9. The SMILES string of the molecule is CC.CCCCc1nc2c(NC)nc3cc(C(=O)OC)ccc3c2n1CCN. The van der Waals surface area contributed by atoms with Gasteiger partial charge in [0.2, 0.25) is 0 Å². The van der Waals surface area contributed by atoms with Crippen molar-refractivity contribution in [3.8, 4) is 0 Å². The fourth-order valence-corrected chi connectivity index (χ4v) is 3.25. The van der Waals surface area contributed by atoms with Crippen LogP contribution in [-0.2, 0) is 17.7 Å². The van der Waals surface area contributed by atoms with Crippen molar-refractivity contribution >= 4 is 33.7 Å². The molecule has 0 saturated carbocycles. The molecule has 0 radical (unpaired) electrons. The van der Waals surface area contributed by atoms with Crippen LogP contribution in [0.15, 0.2) is 18.2 Å². The van der Waals surface area contributed by atoms with Crippen LogP contribution in [-0.4, -0.2) is 41.2 Å². The third kappa shape index (κ3) is 4.09. The van der Waals surface area contributed by atoms with Crippen LogP contribution < -0.4 is 11.1 Å². The topological polar surface area (TPSA) is 95.1 Å². The van der Waals surface area contributed by atoms with Gasteiger partial charge in [0, 0.05) is 31.9 Å². The number of pyridine rings is 1. The van der Waals surface area contributed by atoms with E-state index in [9.17, 15) is 4.79 Å². The molecule has 0 unspecified atom stereocenters. The van der Waals surface area contributed by atoms with Crippen molar-refractivity contribution in [3.63, 3.8) is 0 Å². The summed E-state index contributed by atoms with van der Waals surface area (Å²) in [6.07, 6.45) is 3.07. The van der Waals surface area contributed by atoms with Gasteiger partial charge >= 0.3 is 5.97 Å². The number of nitrogens with two attached hydrogens (primary N) is 1. The number of hydrogen-bond acceptors (Lipinski definition) is 6. The predicted molar refractivity (Wildman–Crippen MR) is 115 cm³/mol. The van der Waals surface area contributed by atoms with Gasteiger partial charge < -0.3 is 20.4 Å². The number of benzene rings is 1. The molecule has 3 rings (SSSR count). The van der Waals surface area contributed by atoms with Crippen molar-refractivity contribution < 1.29 is 9.53 Å². The van der Waals surface area contributed by atoms with E-state index in [-0.39, 0.29) is 5.97 Å². The number of imidazole rings is 1. The molecule has 3 aromatic rings. The quantitative estimate of drug-likeness (QED) is 0.602. The minimum atomic E-state index is -0.376. The van der Waals surface area contributed by atoms with Crippen molar-refractivity contribution in [2.24, 2.45) is 5.73 Å². The van der Waals surface area contributed by atoms with E-state index in [1.165, 1.54) is 7.11 Å². The van der Waals surface area contributed by atoms with Gasteiger partial charge in [-0.1, -0.05) is 27.2 Å². The number of carbonyl (C=O) groups is 1. The van der Waals surface area contributed by atoms with E-state index in [0.717, 1.165) is 47.0 Å². The minimum Gasteiger partial charge on any atom is -0.465 e. The Bertz CT molecular complexity index is 949. The van der Waals surface area contributed by atoms with E-state index >= 15 is 0 Å². The molecule has 1 aromatic carbocycles. The summed E-state index contributed by atoms with van der Waals surface area (Å²) in [7, 11) is 3.20. The molecular formula is C21H31N5O2. The van der Waals surface area contributed by atoms with Crippen molar-refractivity contribution in [3.05, 3.63) is 29.6 Å². The highest BCUT2D eigenvalue weighted by Crippen LogP contribution is 2.31. The summed E-state index contributed by atoms with van der Waals surface area (Å²) in [6.45, 7) is 7.39. The molecule has 7 heteroatoms. The summed E-state index contributed by atoms with van der Waals surface area (Å²) in [4.78, 5) is 21.4. The Labute approximate surface area is 166 Å². The molecule has 2 heterocycles. The Morgan fingerprint density at radius 1 is 1.29 bits per heavy atom. The fraction of sp³-hybridized carbons (Fsp3) is 0.476. The number of nitrogens with zero attached hydrogens (tertiary/aromatic N) is 3. The predicted octanol–water partition coefficient (Wildman–Crippen LogP) is 3.74. The average Bonchev–Trinajstić information content (AvgIpc) is 3.10. The zero-order valence-corrected chi connectivity index (χ0v) is 17.5. The molecule has 0 amide bonds. The molecule has 7 nitrogen and oxygen atoms in total. The minimum absolute atomic E-state index is 0.376. The number of aryl methyl sites for hydroxylation is 1. The van der Waals surface area contributed by atoms with Gasteiger partial charge in [0.25, 0.3) is 0 Å². The number of carbonyl (C=O) groups excluding carboxylic acids is 1. The molecule has 28 heavy (non-hydrogen) atoms. The first-order valence-corrected chi connectivity index (χ1v) is 9.93. The van der Waals surface area contributed by atoms with Gasteiger partial charge in [-0.15, -0.1) is 0 Å². The summed E-state index contributed by atoms with van der Waals surface area (Å²) in [5.41, 5.74) is 8.91. The highest BCUT2D eigenvalue weighted by molar-refractivity contribution is 6.08. The summed E-state index contributed by atoms with van der Waals surface area (Å²) in [5, 5.41) is 4.08. The summed E-state index contributed by atoms with van der Waals surface area (Å²) < 4.78 is 7.01. The number of esters is 1. The van der Waals surface area contributed by atoms with Crippen molar-refractivity contribution in [1.29, 1.82) is 0 Å². The number of anilines is 1. The average molecular weight is 386 g/mol. The summed E-state index contributed by atoms with van der Waals surface area (Å²) >= 11 is 0. The summed E-state index contributed by atoms with van der Waals surface area (Å²) in [6, 6.07) is 5.43. The Balaban J connectivity index is 0.00000136. The fourth-order valence-electron chi connectivity index (χ4n) is 3.25. The van der Waals surface area contributed by atoms with Crippen LogP contribution in [0.4, 0.5) is 5.82 Å². The lowest BCUT2D eigenvalue weighted by atomic mass is 10.1. The molecule has 152 valence electrons. The first-order valence-electron chi connectivity index (χ1n) is 9.93. The van der Waals surface area contributed by atoms with Crippen molar-refractivity contribution in [2.75, 3.05) is 26.0 Å². The lowest BCUT2D eigenvalue weighted by Gasteiger charge is -2.11. The Morgan fingerprint density at radius 2 is 2.04 bits per heavy atom. The van der Waals surface area contributed by atoms with E-state index in [0.29, 0.717) is 24.5 Å². The smallest absolute Gasteiger partial charge is 0.337 e. The summed E-state index contributed by atoms with van der Waals surface area (Å²) in [5.74, 6) is 1.34. The van der Waals surface area contributed by atoms with Crippen LogP contribution in [0.25, 0.3) is 21.9 Å². The van der Waals surface area contributed by atoms with E-state index in [1.807, 2.05) is 27.0 Å². The molecule has 0 saturated heterocycles. The number of aromatic nitrogens is 3. The van der Waals surface area contributed by atoms with Gasteiger partial charge in [0.05, 0.1) is 23.7 Å². The molecular weight excluding hydrogens is 354 g/mol. The molecule has 0 spiro atoms. The number of methoxy groups -OCH3 is 1. The Morgan fingerprint density at radius 3 is 2.64 bits per heavy atom. The van der Waals surface area contributed by atoms with E-state index in [4.69, 9.17) is 15.5 Å². The zero-order chi connectivity index (χ0) is 20.7. The van der Waals surface area contributed by atoms with Crippen LogP contribution in [0, 0.1) is 0 Å². The van der Waals surface area contributed by atoms with Crippen molar-refractivity contribution in [2.45, 2.75) is 46.6 Å². The lowest BCUT2D eigenvalue weighted by Crippen LogP contribution is -2.13. The molecule has 0 aliphatic heterocycles. The Hall–Kier alpha value is -2.67. The number of fused-ring (bicyclic) bond motifs is 3. The number of ether oxygens (including phenoxy) is 1. The van der Waals surface area contributed by atoms with Gasteiger partial charge in [-0.3, -0.25) is 0 Å². The van der Waals surface area contributed by atoms with Gasteiger partial charge in [0.1, 0.15) is 11.3 Å². The Kier molecular flexibility index (Phi) is 7.75. The van der Waals surface area contributed by atoms with Crippen molar-refractivity contribution in [1.82, 2.24) is 14.5 Å². The zero-order valence-electron chi connectivity index (χ0n) is 17.5. The second-order valence-electron chi connectivity index (χ2n) is 6.20. The van der Waals surface area contributed by atoms with Crippen LogP contribution >= 0.6 is 0 Å². The highest BCUT2D eigenvalue weighted by atomic mass is 16.5. The second kappa shape index (κ2) is 10.0. The molecule has 0 atom stereocenters. The first-order chi connectivity index (χ1) is 13.6. The van der Waals surface area contributed by atoms with Gasteiger partial charge in [-0.2, -0.15) is 0 Å². The normalized spacial score (nSPS) is 10.6. The van der Waals surface area contributed by atoms with Crippen LogP contribution in [0.3, 0.4) is 0 Å². The maximum Gasteiger partial charge on any atom is 0.337 e. The van der Waals surface area contributed by atoms with Crippen LogP contribution in [0.2, 0.25) is 0 Å². The number of nitrogens with one attached hydrogen (secondary N) is 1. The third-order valence-corrected chi connectivity index (χ3v) is 4.52. The molecule has 2 aromatic heterocycles. The van der Waals surface area contributed by atoms with Crippen LogP contribution in [0.1, 0.15) is 49.8 Å². The lowest BCUT2D eigenvalue weighted by molar-refractivity contribution is 0.0601. The molecule has 0 bridgehead atoms. The standard InChI is InChI=1S/C19H25N5O2.C2H6/c1-4-5-6-15-23-16-17(24(15)10-9-20)13-8-7-12(19(25)26-3)11-14(13)22-18(16)21-2;1-2/h7-8,11H,4-6,9-10,20H2,1-3H3,(H,21,22);1-2H3. The molecule has 0 aliphatic rings. The number of rotatable bonds is 7. The van der Waals surface area contributed by atoms with E-state index in [1.54, 1.807) is 12.1 Å². The molecule has 0 aliphatic carbocycles. The highest BCUT2D eigenvalue weighted by Gasteiger charge is 2.18. The van der Waals surface area contributed by atoms with E-state index < -0.39 is 0 Å². The van der Waals surface area contributed by atoms with E-state index in [2.05, 4.69) is 21.8 Å². The number of unbranched alkanes of at least 4 members (excludes halogenated alkanes) is 1. The second-order valence-corrected chi connectivity index (χ2v) is 6.20. The largest absolute Gasteiger partial charge is 0.465 e. The maximum absolute atomic E-state index is 11.9. The third-order valence-electron chi connectivity index (χ3n) is 4.52. The molecule has 0 fully saturated rings. The van der Waals surface area contributed by atoms with Gasteiger partial charge in [0.15, 0.2) is 5.82 Å². The van der Waals surface area contributed by atoms with Gasteiger partial charge in [-0.25, -0.2) is 14.8 Å². The van der Waals surface area contributed by atoms with Crippen LogP contribution in [0.5, 0.6) is 0 Å². The number of hydrogen-bond donors (Lipinski definition) is 2.